The van der Waals surface area contributed by atoms with Crippen molar-refractivity contribution < 1.29 is 18.1 Å². The minimum absolute atomic E-state index is 0.0119. The molecule has 0 spiro atoms. The molecule has 0 aliphatic heterocycles. The first-order chi connectivity index (χ1) is 16.5. The van der Waals surface area contributed by atoms with Gasteiger partial charge in [-0.25, -0.2) is 28.5 Å². The quantitative estimate of drug-likeness (QED) is 0.366. The monoisotopic (exact) mass is 487 g/mol. The average Bonchev–Trinajstić information content (AvgIpc) is 2.83. The number of nitrogens with one attached hydrogen (secondary N) is 2. The second-order valence-corrected chi connectivity index (χ2v) is 9.43. The van der Waals surface area contributed by atoms with Gasteiger partial charge in [-0.1, -0.05) is 26.2 Å². The van der Waals surface area contributed by atoms with Crippen molar-refractivity contribution in [3.05, 3.63) is 54.4 Å². The topological polar surface area (TPSA) is 95.0 Å². The minimum atomic E-state index is -1.42. The largest absolute Gasteiger partial charge is 0.593 e. The highest BCUT2D eigenvalue weighted by Gasteiger charge is 2.20. The Morgan fingerprint density at radius 3 is 2.59 bits per heavy atom. The van der Waals surface area contributed by atoms with E-state index in [4.69, 9.17) is 4.74 Å². The van der Waals surface area contributed by atoms with Crippen molar-refractivity contribution in [1.29, 1.82) is 0 Å². The number of benzene rings is 1. The van der Waals surface area contributed by atoms with E-state index in [1.165, 1.54) is 25.5 Å². The van der Waals surface area contributed by atoms with Gasteiger partial charge in [-0.3, -0.25) is 0 Å². The van der Waals surface area contributed by atoms with Crippen LogP contribution in [0.5, 0.6) is 11.6 Å². The molecule has 2 heterocycles. The van der Waals surface area contributed by atoms with Gasteiger partial charge in [0.25, 0.3) is 0 Å². The van der Waals surface area contributed by atoms with Crippen LogP contribution >= 0.6 is 0 Å². The van der Waals surface area contributed by atoms with E-state index in [0.29, 0.717) is 35.4 Å². The Morgan fingerprint density at radius 1 is 1.09 bits per heavy atom. The number of ether oxygens (including phenoxy) is 1. The number of halogens is 2. The molecule has 4 rings (SSSR count). The van der Waals surface area contributed by atoms with Crippen LogP contribution in [0.4, 0.5) is 20.4 Å². The summed E-state index contributed by atoms with van der Waals surface area (Å²) >= 11 is -1.42. The molecule has 34 heavy (non-hydrogen) atoms. The molecule has 1 unspecified atom stereocenters. The molecular weight excluding hydrogens is 460 g/mol. The van der Waals surface area contributed by atoms with Gasteiger partial charge in [-0.2, -0.15) is 0 Å². The van der Waals surface area contributed by atoms with Crippen LogP contribution in [0.3, 0.4) is 0 Å². The number of aromatic nitrogens is 3. The zero-order valence-corrected chi connectivity index (χ0v) is 19.7. The molecule has 1 aliphatic carbocycles. The first kappa shape index (κ1) is 24.2. The van der Waals surface area contributed by atoms with Crippen molar-refractivity contribution >= 4 is 23.0 Å². The van der Waals surface area contributed by atoms with Crippen LogP contribution in [0.25, 0.3) is 11.3 Å². The van der Waals surface area contributed by atoms with E-state index in [0.717, 1.165) is 25.0 Å². The normalized spacial score (nSPS) is 15.1. The van der Waals surface area contributed by atoms with Crippen LogP contribution in [0.2, 0.25) is 0 Å². The van der Waals surface area contributed by atoms with Crippen molar-refractivity contribution in [2.24, 2.45) is 0 Å². The van der Waals surface area contributed by atoms with Crippen molar-refractivity contribution in [3.63, 3.8) is 0 Å². The number of anilines is 2. The Bertz CT molecular complexity index is 1090. The lowest BCUT2D eigenvalue weighted by Crippen LogP contribution is -2.23. The third-order valence-corrected chi connectivity index (χ3v) is 6.70. The summed E-state index contributed by atoms with van der Waals surface area (Å²) in [5.74, 6) is -1.59. The molecule has 1 fully saturated rings. The first-order valence-electron chi connectivity index (χ1n) is 11.4. The van der Waals surface area contributed by atoms with Crippen molar-refractivity contribution in [2.45, 2.75) is 51.5 Å². The zero-order chi connectivity index (χ0) is 23.9. The standard InChI is InChI=1S/C24H27F2N5O2S/c1-2-13-34(32)31-17-14-19(25)22(20(26)15-17)33-23-18(9-6-11-27-23)21-10-12-28-24(30-21)29-16-7-4-3-5-8-16/h6,9-12,14-16,31H,2-5,7-8,13H2,1H3,(H,28,29,30). The van der Waals surface area contributed by atoms with Gasteiger partial charge >= 0.3 is 0 Å². The molecule has 7 nitrogen and oxygen atoms in total. The lowest BCUT2D eigenvalue weighted by atomic mass is 9.96. The second kappa shape index (κ2) is 11.4. The Balaban J connectivity index is 1.56. The number of hydrogen-bond donors (Lipinski definition) is 2. The molecule has 2 aromatic heterocycles. The van der Waals surface area contributed by atoms with Crippen LogP contribution in [-0.4, -0.2) is 31.3 Å². The maximum Gasteiger partial charge on any atom is 0.228 e. The fourth-order valence-electron chi connectivity index (χ4n) is 3.86. The maximum absolute atomic E-state index is 14.7. The Labute approximate surface area is 200 Å². The minimum Gasteiger partial charge on any atom is -0.593 e. The number of nitrogens with zero attached hydrogens (tertiary/aromatic N) is 3. The maximum atomic E-state index is 14.7. The zero-order valence-electron chi connectivity index (χ0n) is 18.9. The van der Waals surface area contributed by atoms with Gasteiger partial charge in [0, 0.05) is 30.6 Å². The van der Waals surface area contributed by atoms with E-state index in [-0.39, 0.29) is 11.6 Å². The van der Waals surface area contributed by atoms with Gasteiger partial charge < -0.3 is 14.6 Å². The molecule has 10 heteroatoms. The molecule has 2 N–H and O–H groups in total. The summed E-state index contributed by atoms with van der Waals surface area (Å²) in [5, 5.41) is 3.37. The highest BCUT2D eigenvalue weighted by atomic mass is 32.2. The molecule has 0 saturated heterocycles. The second-order valence-electron chi connectivity index (χ2n) is 8.12. The number of pyridine rings is 1. The molecule has 1 atom stereocenters. The van der Waals surface area contributed by atoms with E-state index >= 15 is 0 Å². The number of rotatable bonds is 9. The first-order valence-corrected chi connectivity index (χ1v) is 12.7. The van der Waals surface area contributed by atoms with Gasteiger partial charge in [-0.05, 0) is 37.5 Å². The van der Waals surface area contributed by atoms with Crippen LogP contribution in [0, 0.1) is 11.6 Å². The van der Waals surface area contributed by atoms with Gasteiger partial charge in [0.2, 0.25) is 17.6 Å². The SMILES string of the molecule is CCC[S+]([O-])Nc1cc(F)c(Oc2ncccc2-c2ccnc(NC3CCCCC3)n2)c(F)c1. The molecule has 1 saturated carbocycles. The highest BCUT2D eigenvalue weighted by Crippen LogP contribution is 2.34. The molecule has 3 aromatic rings. The summed E-state index contributed by atoms with van der Waals surface area (Å²) in [6, 6.07) is 7.53. The smallest absolute Gasteiger partial charge is 0.228 e. The lowest BCUT2D eigenvalue weighted by Gasteiger charge is -2.22. The summed E-state index contributed by atoms with van der Waals surface area (Å²) in [5.41, 5.74) is 1.07. The van der Waals surface area contributed by atoms with E-state index in [2.05, 4.69) is 25.0 Å². The summed E-state index contributed by atoms with van der Waals surface area (Å²) < 4.78 is 49.5. The summed E-state index contributed by atoms with van der Waals surface area (Å²) in [4.78, 5) is 13.1. The van der Waals surface area contributed by atoms with Crippen LogP contribution in [0.15, 0.2) is 42.7 Å². The van der Waals surface area contributed by atoms with Crippen molar-refractivity contribution in [1.82, 2.24) is 15.0 Å². The summed E-state index contributed by atoms with van der Waals surface area (Å²) in [7, 11) is 0. The van der Waals surface area contributed by atoms with Gasteiger partial charge in [0.15, 0.2) is 11.6 Å². The lowest BCUT2D eigenvalue weighted by molar-refractivity contribution is 0.397. The van der Waals surface area contributed by atoms with E-state index in [1.807, 2.05) is 6.92 Å². The van der Waals surface area contributed by atoms with Gasteiger partial charge in [0.1, 0.15) is 5.75 Å². The van der Waals surface area contributed by atoms with Crippen molar-refractivity contribution in [3.8, 4) is 22.9 Å². The van der Waals surface area contributed by atoms with E-state index in [1.54, 1.807) is 24.4 Å². The van der Waals surface area contributed by atoms with Gasteiger partial charge in [0.05, 0.1) is 28.3 Å². The predicted molar refractivity (Wildman–Crippen MR) is 129 cm³/mol. The third kappa shape index (κ3) is 6.12. The highest BCUT2D eigenvalue weighted by molar-refractivity contribution is 7.92. The Kier molecular flexibility index (Phi) is 8.12. The third-order valence-electron chi connectivity index (χ3n) is 5.46. The fourth-order valence-corrected chi connectivity index (χ4v) is 4.71. The average molecular weight is 488 g/mol. The van der Waals surface area contributed by atoms with Crippen molar-refractivity contribution in [2.75, 3.05) is 15.8 Å². The van der Waals surface area contributed by atoms with E-state index in [9.17, 15) is 13.3 Å². The van der Waals surface area contributed by atoms with Crippen LogP contribution in [0.1, 0.15) is 45.4 Å². The molecule has 0 bridgehead atoms. The molecule has 0 amide bonds. The summed E-state index contributed by atoms with van der Waals surface area (Å²) in [6.07, 6.45) is 9.53. The molecule has 0 radical (unpaired) electrons. The van der Waals surface area contributed by atoms with E-state index < -0.39 is 28.7 Å². The molecule has 180 valence electrons. The van der Waals surface area contributed by atoms with Crippen LogP contribution < -0.4 is 14.8 Å². The molecular formula is C24H27F2N5O2S. The van der Waals surface area contributed by atoms with Crippen LogP contribution in [-0.2, 0) is 11.4 Å². The van der Waals surface area contributed by atoms with Gasteiger partial charge in [-0.15, -0.1) is 0 Å². The fraction of sp³-hybridized carbons (Fsp3) is 0.375. The Hall–Kier alpha value is -2.98. The Morgan fingerprint density at radius 2 is 1.85 bits per heavy atom. The molecule has 1 aliphatic rings. The number of hydrogen-bond acceptors (Lipinski definition) is 7. The molecule has 1 aromatic carbocycles. The summed E-state index contributed by atoms with van der Waals surface area (Å²) in [6.45, 7) is 1.87. The predicted octanol–water partition coefficient (Wildman–Crippen LogP) is 5.84.